The number of unbranched alkanes of at least 4 members (excludes halogenated alkanes) is 32. The largest absolute Gasteiger partial charge is 0.462 e. The molecule has 0 aliphatic carbocycles. The fraction of sp³-hybridized carbons (Fsp3) is 0.731. The van der Waals surface area contributed by atoms with Crippen LogP contribution in [-0.2, 0) is 19.1 Å². The van der Waals surface area contributed by atoms with E-state index < -0.39 is 6.10 Å². The third-order valence-electron chi connectivity index (χ3n) is 13.4. The van der Waals surface area contributed by atoms with Gasteiger partial charge < -0.3 is 14.6 Å². The zero-order chi connectivity index (χ0) is 52.0. The van der Waals surface area contributed by atoms with Crippen molar-refractivity contribution in [3.05, 3.63) is 97.2 Å². The number of allylic oxidation sites excluding steroid dienone is 16. The molecule has 0 aliphatic rings. The van der Waals surface area contributed by atoms with Crippen LogP contribution in [-0.4, -0.2) is 36.4 Å². The van der Waals surface area contributed by atoms with Gasteiger partial charge in [-0.15, -0.1) is 0 Å². The molecular formula is C67H116O5. The monoisotopic (exact) mass is 1000 g/mol. The van der Waals surface area contributed by atoms with Crippen LogP contribution in [0.2, 0.25) is 0 Å². The highest BCUT2D eigenvalue weighted by atomic mass is 16.6. The van der Waals surface area contributed by atoms with Crippen molar-refractivity contribution >= 4 is 11.9 Å². The summed E-state index contributed by atoms with van der Waals surface area (Å²) in [4.78, 5) is 24.6. The first kappa shape index (κ1) is 68.8. The molecule has 0 aliphatic heterocycles. The predicted molar refractivity (Wildman–Crippen MR) is 316 cm³/mol. The fourth-order valence-electron chi connectivity index (χ4n) is 8.77. The highest BCUT2D eigenvalue weighted by Crippen LogP contribution is 2.17. The molecule has 0 spiro atoms. The Bertz CT molecular complexity index is 1360. The first-order valence-electron chi connectivity index (χ1n) is 30.8. The van der Waals surface area contributed by atoms with Crippen molar-refractivity contribution in [1.29, 1.82) is 0 Å². The van der Waals surface area contributed by atoms with Crippen molar-refractivity contribution in [3.8, 4) is 0 Å². The summed E-state index contributed by atoms with van der Waals surface area (Å²) in [6, 6.07) is 0. The third-order valence-corrected chi connectivity index (χ3v) is 13.4. The van der Waals surface area contributed by atoms with E-state index in [0.717, 1.165) is 89.9 Å². The second-order valence-electron chi connectivity index (χ2n) is 20.4. The van der Waals surface area contributed by atoms with E-state index >= 15 is 0 Å². The number of ether oxygens (including phenoxy) is 2. The lowest BCUT2D eigenvalue weighted by Crippen LogP contribution is -2.28. The Labute approximate surface area is 447 Å². The molecule has 0 fully saturated rings. The molecule has 0 aromatic rings. The molecule has 414 valence electrons. The number of carbonyl (C=O) groups is 2. The van der Waals surface area contributed by atoms with Crippen molar-refractivity contribution in [2.75, 3.05) is 13.2 Å². The van der Waals surface area contributed by atoms with E-state index in [1.165, 1.54) is 180 Å². The minimum absolute atomic E-state index is 0.0824. The summed E-state index contributed by atoms with van der Waals surface area (Å²) in [7, 11) is 0. The summed E-state index contributed by atoms with van der Waals surface area (Å²) in [5.41, 5.74) is 0. The molecule has 0 radical (unpaired) electrons. The predicted octanol–water partition coefficient (Wildman–Crippen LogP) is 21.1. The molecule has 0 aromatic carbocycles. The number of hydrogen-bond acceptors (Lipinski definition) is 5. The average molecular weight is 1000 g/mol. The van der Waals surface area contributed by atoms with Crippen molar-refractivity contribution in [2.24, 2.45) is 0 Å². The Balaban J connectivity index is 3.51. The lowest BCUT2D eigenvalue weighted by molar-refractivity contribution is -0.161. The van der Waals surface area contributed by atoms with Gasteiger partial charge in [0.05, 0.1) is 6.61 Å². The first-order chi connectivity index (χ1) is 35.6. The molecule has 0 saturated heterocycles. The normalized spacial score (nSPS) is 12.9. The van der Waals surface area contributed by atoms with Gasteiger partial charge in [-0.1, -0.05) is 284 Å². The molecule has 1 unspecified atom stereocenters. The van der Waals surface area contributed by atoms with E-state index in [9.17, 15) is 14.7 Å². The average Bonchev–Trinajstić information content (AvgIpc) is 3.38. The smallest absolute Gasteiger partial charge is 0.306 e. The summed E-state index contributed by atoms with van der Waals surface area (Å²) >= 11 is 0. The van der Waals surface area contributed by atoms with Crippen molar-refractivity contribution in [1.82, 2.24) is 0 Å². The molecule has 0 bridgehead atoms. The topological polar surface area (TPSA) is 72.8 Å². The van der Waals surface area contributed by atoms with Gasteiger partial charge in [0.15, 0.2) is 6.10 Å². The van der Waals surface area contributed by atoms with Gasteiger partial charge in [0.25, 0.3) is 0 Å². The summed E-state index contributed by atoms with van der Waals surface area (Å²) in [6.07, 6.45) is 88.4. The van der Waals surface area contributed by atoms with Crippen molar-refractivity contribution < 1.29 is 24.2 Å². The zero-order valence-corrected chi connectivity index (χ0v) is 47.4. The van der Waals surface area contributed by atoms with E-state index in [4.69, 9.17) is 9.47 Å². The number of aliphatic hydroxyl groups is 1. The number of esters is 2. The summed E-state index contributed by atoms with van der Waals surface area (Å²) in [5.74, 6) is -0.624. The van der Waals surface area contributed by atoms with Gasteiger partial charge in [-0.2, -0.15) is 0 Å². The minimum atomic E-state index is -0.796. The molecule has 0 aromatic heterocycles. The molecule has 1 atom stereocenters. The van der Waals surface area contributed by atoms with Crippen LogP contribution in [0.25, 0.3) is 0 Å². The number of hydrogen-bond donors (Lipinski definition) is 1. The van der Waals surface area contributed by atoms with E-state index in [2.05, 4.69) is 111 Å². The Morgan fingerprint density at radius 2 is 0.597 bits per heavy atom. The standard InChI is InChI=1S/C67H116O5/c1-3-5-7-9-11-13-15-17-19-21-23-25-27-29-30-31-32-33-34-35-36-38-39-41-43-45-47-49-51-53-55-57-59-61-66(69)71-64-65(63-68)72-67(70)62-60-58-56-54-52-50-48-46-44-42-40-37-28-26-24-22-20-18-16-14-12-10-8-6-4-2/h6,8,12,14,18,20-21,23-24,26,37,40,44,46,50,52,65,68H,3-5,7,9-11,13,15-17,19,22,25,27-36,38-39,41-43,45,47-49,51,53-64H2,1-2H3/b8-6-,14-12-,20-18-,23-21-,26-24-,40-37-,46-44-,52-50-. The Kier molecular flexibility index (Phi) is 59.4. The second kappa shape index (κ2) is 62.1. The van der Waals surface area contributed by atoms with Crippen LogP contribution in [0, 0.1) is 0 Å². The zero-order valence-electron chi connectivity index (χ0n) is 47.4. The molecule has 1 N–H and O–H groups in total. The van der Waals surface area contributed by atoms with Gasteiger partial charge in [-0.05, 0) is 96.3 Å². The highest BCUT2D eigenvalue weighted by Gasteiger charge is 2.16. The Morgan fingerprint density at radius 3 is 0.931 bits per heavy atom. The van der Waals surface area contributed by atoms with Crippen molar-refractivity contribution in [3.63, 3.8) is 0 Å². The molecule has 0 saturated carbocycles. The van der Waals surface area contributed by atoms with E-state index in [-0.39, 0.29) is 25.2 Å². The maximum atomic E-state index is 12.3. The van der Waals surface area contributed by atoms with Gasteiger partial charge in [0.2, 0.25) is 0 Å². The van der Waals surface area contributed by atoms with Gasteiger partial charge >= 0.3 is 11.9 Å². The van der Waals surface area contributed by atoms with Crippen LogP contribution in [0.4, 0.5) is 0 Å². The van der Waals surface area contributed by atoms with E-state index in [0.29, 0.717) is 12.8 Å². The maximum absolute atomic E-state index is 12.3. The van der Waals surface area contributed by atoms with Crippen LogP contribution in [0.1, 0.15) is 296 Å². The molecular weight excluding hydrogens is 885 g/mol. The minimum Gasteiger partial charge on any atom is -0.462 e. The molecule has 0 rings (SSSR count). The third kappa shape index (κ3) is 59.4. The lowest BCUT2D eigenvalue weighted by Gasteiger charge is -2.15. The van der Waals surface area contributed by atoms with E-state index in [1.807, 2.05) is 0 Å². The number of rotatable bonds is 56. The van der Waals surface area contributed by atoms with Crippen LogP contribution in [0.3, 0.4) is 0 Å². The van der Waals surface area contributed by atoms with Gasteiger partial charge in [0.1, 0.15) is 6.61 Å². The first-order valence-corrected chi connectivity index (χ1v) is 30.8. The second-order valence-corrected chi connectivity index (χ2v) is 20.4. The van der Waals surface area contributed by atoms with E-state index in [1.54, 1.807) is 0 Å². The van der Waals surface area contributed by atoms with Crippen LogP contribution in [0.15, 0.2) is 97.2 Å². The fourth-order valence-corrected chi connectivity index (χ4v) is 8.77. The maximum Gasteiger partial charge on any atom is 0.306 e. The van der Waals surface area contributed by atoms with Crippen LogP contribution in [0.5, 0.6) is 0 Å². The molecule has 0 heterocycles. The summed E-state index contributed by atoms with van der Waals surface area (Å²) < 4.78 is 10.7. The van der Waals surface area contributed by atoms with Gasteiger partial charge in [0, 0.05) is 12.8 Å². The Morgan fingerprint density at radius 1 is 0.333 bits per heavy atom. The number of aliphatic hydroxyl groups excluding tert-OH is 1. The molecule has 5 nitrogen and oxygen atoms in total. The molecule has 0 amide bonds. The quantitative estimate of drug-likeness (QED) is 0.0373. The summed E-state index contributed by atoms with van der Waals surface area (Å²) in [6.45, 7) is 4.02. The molecule has 72 heavy (non-hydrogen) atoms. The number of carbonyl (C=O) groups excluding carboxylic acids is 2. The Hall–Kier alpha value is -3.18. The van der Waals surface area contributed by atoms with Crippen LogP contribution >= 0.6 is 0 Å². The van der Waals surface area contributed by atoms with Crippen LogP contribution < -0.4 is 0 Å². The molecule has 5 heteroatoms. The van der Waals surface area contributed by atoms with Gasteiger partial charge in [-0.3, -0.25) is 9.59 Å². The van der Waals surface area contributed by atoms with Gasteiger partial charge in [-0.25, -0.2) is 0 Å². The SMILES string of the molecule is CC/C=C\C/C=C\C/C=C\C/C=C\C/C=C\C/C=C\C/C=C\CCCCCC(=O)OC(CO)COC(=O)CCCCCCCCCCCCCCCCCCCCCCC/C=C\CCCCCCCCCC. The lowest BCUT2D eigenvalue weighted by atomic mass is 10.0. The summed E-state index contributed by atoms with van der Waals surface area (Å²) in [5, 5.41) is 9.66. The van der Waals surface area contributed by atoms with Crippen molar-refractivity contribution in [2.45, 2.75) is 302 Å². The highest BCUT2D eigenvalue weighted by molar-refractivity contribution is 5.70.